The number of halogens is 3. The lowest BCUT2D eigenvalue weighted by Crippen LogP contribution is -2.33. The van der Waals surface area contributed by atoms with Crippen molar-refractivity contribution in [3.8, 4) is 0 Å². The quantitative estimate of drug-likeness (QED) is 0.848. The largest absolute Gasteiger partial charge is 0.401 e. The molecule has 1 aliphatic rings. The number of nitrogens with zero attached hydrogens (tertiary/aromatic N) is 1. The molecule has 0 bridgehead atoms. The van der Waals surface area contributed by atoms with Gasteiger partial charge in [-0.05, 0) is 50.1 Å². The predicted molar refractivity (Wildman–Crippen MR) is 75.5 cm³/mol. The van der Waals surface area contributed by atoms with Crippen LogP contribution in [0.2, 0.25) is 0 Å². The molecular weight excluding hydrogens is 281 g/mol. The minimum Gasteiger partial charge on any atom is -0.385 e. The van der Waals surface area contributed by atoms with Crippen molar-refractivity contribution in [1.82, 2.24) is 4.90 Å². The molecule has 1 atom stereocenters. The highest BCUT2D eigenvalue weighted by Gasteiger charge is 2.34. The van der Waals surface area contributed by atoms with Gasteiger partial charge in [-0.3, -0.25) is 9.69 Å². The molecule has 1 N–H and O–H groups in total. The molecule has 0 aromatic heterocycles. The normalized spacial score (nSPS) is 19.7. The van der Waals surface area contributed by atoms with Crippen molar-refractivity contribution in [1.29, 1.82) is 0 Å². The van der Waals surface area contributed by atoms with Gasteiger partial charge in [0, 0.05) is 24.3 Å². The zero-order chi connectivity index (χ0) is 15.5. The topological polar surface area (TPSA) is 32.3 Å². The van der Waals surface area contributed by atoms with Crippen LogP contribution in [0.15, 0.2) is 24.3 Å². The van der Waals surface area contributed by atoms with E-state index in [1.54, 1.807) is 12.1 Å². The maximum absolute atomic E-state index is 12.3. The van der Waals surface area contributed by atoms with E-state index in [9.17, 15) is 18.0 Å². The number of nitrogens with one attached hydrogen (secondary N) is 1. The van der Waals surface area contributed by atoms with Crippen LogP contribution in [0.4, 0.5) is 18.9 Å². The number of likely N-dealkylation sites (tertiary alicyclic amines) is 1. The van der Waals surface area contributed by atoms with Gasteiger partial charge >= 0.3 is 6.18 Å². The molecule has 1 aromatic carbocycles. The van der Waals surface area contributed by atoms with Crippen LogP contribution < -0.4 is 5.32 Å². The van der Waals surface area contributed by atoms with Crippen molar-refractivity contribution in [2.24, 2.45) is 5.92 Å². The van der Waals surface area contributed by atoms with Gasteiger partial charge in [0.05, 0.1) is 6.54 Å². The summed E-state index contributed by atoms with van der Waals surface area (Å²) in [6, 6.07) is 7.13. The molecule has 21 heavy (non-hydrogen) atoms. The van der Waals surface area contributed by atoms with Crippen LogP contribution in [0.25, 0.3) is 0 Å². The number of carbonyl (C=O) groups is 1. The lowest BCUT2D eigenvalue weighted by molar-refractivity contribution is -0.143. The molecule has 0 aliphatic carbocycles. The Labute approximate surface area is 122 Å². The van der Waals surface area contributed by atoms with Crippen LogP contribution >= 0.6 is 0 Å². The molecule has 1 aromatic rings. The molecule has 116 valence electrons. The molecule has 1 aliphatic heterocycles. The Bertz CT molecular complexity index is 485. The highest BCUT2D eigenvalue weighted by Crippen LogP contribution is 2.23. The Morgan fingerprint density at radius 1 is 1.33 bits per heavy atom. The number of rotatable bonds is 5. The van der Waals surface area contributed by atoms with Crippen molar-refractivity contribution in [2.45, 2.75) is 19.5 Å². The number of hydrogen-bond acceptors (Lipinski definition) is 3. The molecule has 0 radical (unpaired) electrons. The SMILES string of the molecule is CC(=O)c1ccc(NCC2CCN(CC(F)(F)F)C2)cc1. The highest BCUT2D eigenvalue weighted by atomic mass is 19.4. The monoisotopic (exact) mass is 300 g/mol. The summed E-state index contributed by atoms with van der Waals surface area (Å²) < 4.78 is 36.9. The number of carbonyl (C=O) groups excluding carboxylic acids is 1. The van der Waals surface area contributed by atoms with E-state index in [1.165, 1.54) is 11.8 Å². The maximum Gasteiger partial charge on any atom is 0.401 e. The summed E-state index contributed by atoms with van der Waals surface area (Å²) in [6.45, 7) is 2.30. The number of hydrogen-bond donors (Lipinski definition) is 1. The second-order valence-corrected chi connectivity index (χ2v) is 5.52. The molecule has 1 fully saturated rings. The number of Topliss-reactive ketones (excluding diaryl/α,β-unsaturated/α-hetero) is 1. The smallest absolute Gasteiger partial charge is 0.385 e. The average Bonchev–Trinajstić information content (AvgIpc) is 2.82. The van der Waals surface area contributed by atoms with E-state index in [4.69, 9.17) is 0 Å². The zero-order valence-electron chi connectivity index (χ0n) is 11.9. The summed E-state index contributed by atoms with van der Waals surface area (Å²) in [5, 5.41) is 3.22. The first-order valence-electron chi connectivity index (χ1n) is 6.97. The standard InChI is InChI=1S/C15H19F3N2O/c1-11(21)13-2-4-14(5-3-13)19-8-12-6-7-20(9-12)10-15(16,17)18/h2-5,12,19H,6-10H2,1H3. The Morgan fingerprint density at radius 2 is 2.00 bits per heavy atom. The Balaban J connectivity index is 1.78. The molecule has 0 saturated carbocycles. The Kier molecular flexibility index (Phi) is 4.88. The van der Waals surface area contributed by atoms with Crippen LogP contribution in [0.3, 0.4) is 0 Å². The predicted octanol–water partition coefficient (Wildman–Crippen LogP) is 3.19. The van der Waals surface area contributed by atoms with Crippen LogP contribution in [0.5, 0.6) is 0 Å². The van der Waals surface area contributed by atoms with Crippen LogP contribution in [0, 0.1) is 5.92 Å². The molecule has 0 amide bonds. The van der Waals surface area contributed by atoms with E-state index >= 15 is 0 Å². The number of ketones is 1. The van der Waals surface area contributed by atoms with E-state index in [0.29, 0.717) is 25.2 Å². The third-order valence-electron chi connectivity index (χ3n) is 3.66. The second-order valence-electron chi connectivity index (χ2n) is 5.52. The third kappa shape index (κ3) is 5.04. The first-order valence-corrected chi connectivity index (χ1v) is 6.97. The van der Waals surface area contributed by atoms with Gasteiger partial charge in [-0.1, -0.05) is 0 Å². The lowest BCUT2D eigenvalue weighted by atomic mass is 10.1. The number of alkyl halides is 3. The van der Waals surface area contributed by atoms with Gasteiger partial charge in [-0.2, -0.15) is 13.2 Å². The molecule has 1 unspecified atom stereocenters. The Morgan fingerprint density at radius 3 is 2.57 bits per heavy atom. The summed E-state index contributed by atoms with van der Waals surface area (Å²) >= 11 is 0. The van der Waals surface area contributed by atoms with E-state index < -0.39 is 12.7 Å². The van der Waals surface area contributed by atoms with Gasteiger partial charge in [-0.15, -0.1) is 0 Å². The molecular formula is C15H19F3N2O. The number of benzene rings is 1. The summed E-state index contributed by atoms with van der Waals surface area (Å²) in [7, 11) is 0. The van der Waals surface area contributed by atoms with Gasteiger partial charge in [0.1, 0.15) is 0 Å². The summed E-state index contributed by atoms with van der Waals surface area (Å²) in [4.78, 5) is 12.6. The van der Waals surface area contributed by atoms with Gasteiger partial charge in [0.2, 0.25) is 0 Å². The van der Waals surface area contributed by atoms with Crippen molar-refractivity contribution >= 4 is 11.5 Å². The average molecular weight is 300 g/mol. The van der Waals surface area contributed by atoms with E-state index in [2.05, 4.69) is 5.32 Å². The summed E-state index contributed by atoms with van der Waals surface area (Å²) in [5.41, 5.74) is 1.53. The highest BCUT2D eigenvalue weighted by molar-refractivity contribution is 5.94. The summed E-state index contributed by atoms with van der Waals surface area (Å²) in [6.07, 6.45) is -3.35. The molecule has 2 rings (SSSR count). The van der Waals surface area contributed by atoms with Crippen molar-refractivity contribution < 1.29 is 18.0 Å². The molecule has 1 saturated heterocycles. The molecule has 0 spiro atoms. The van der Waals surface area contributed by atoms with E-state index in [1.807, 2.05) is 12.1 Å². The fourth-order valence-electron chi connectivity index (χ4n) is 2.56. The van der Waals surface area contributed by atoms with Crippen molar-refractivity contribution in [2.75, 3.05) is 31.5 Å². The first kappa shape index (κ1) is 15.8. The zero-order valence-corrected chi connectivity index (χ0v) is 11.9. The fourth-order valence-corrected chi connectivity index (χ4v) is 2.56. The Hall–Kier alpha value is -1.56. The molecule has 6 heteroatoms. The summed E-state index contributed by atoms with van der Waals surface area (Å²) in [5.74, 6) is 0.236. The lowest BCUT2D eigenvalue weighted by Gasteiger charge is -2.18. The second kappa shape index (κ2) is 6.47. The fraction of sp³-hybridized carbons (Fsp3) is 0.533. The van der Waals surface area contributed by atoms with Crippen LogP contribution in [0.1, 0.15) is 23.7 Å². The van der Waals surface area contributed by atoms with E-state index in [-0.39, 0.29) is 11.7 Å². The number of anilines is 1. The van der Waals surface area contributed by atoms with Crippen molar-refractivity contribution in [3.05, 3.63) is 29.8 Å². The first-order chi connectivity index (χ1) is 9.83. The van der Waals surface area contributed by atoms with E-state index in [0.717, 1.165) is 12.1 Å². The van der Waals surface area contributed by atoms with Crippen LogP contribution in [-0.4, -0.2) is 43.0 Å². The van der Waals surface area contributed by atoms with Gasteiger partial charge < -0.3 is 5.32 Å². The van der Waals surface area contributed by atoms with Crippen molar-refractivity contribution in [3.63, 3.8) is 0 Å². The van der Waals surface area contributed by atoms with Gasteiger partial charge in [0.25, 0.3) is 0 Å². The van der Waals surface area contributed by atoms with Gasteiger partial charge in [0.15, 0.2) is 5.78 Å². The van der Waals surface area contributed by atoms with Gasteiger partial charge in [-0.25, -0.2) is 0 Å². The molecule has 3 nitrogen and oxygen atoms in total. The van der Waals surface area contributed by atoms with Crippen LogP contribution in [-0.2, 0) is 0 Å². The minimum atomic E-state index is -4.12. The third-order valence-corrected chi connectivity index (χ3v) is 3.66. The molecule has 1 heterocycles. The maximum atomic E-state index is 12.3. The minimum absolute atomic E-state index is 0.0140.